The summed E-state index contributed by atoms with van der Waals surface area (Å²) in [5, 5.41) is 10.8. The molecule has 0 aliphatic carbocycles. The maximum absolute atomic E-state index is 11.2. The van der Waals surface area contributed by atoms with E-state index in [1.165, 1.54) is 22.9 Å². The van der Waals surface area contributed by atoms with Gasteiger partial charge in [-0.15, -0.1) is 0 Å². The highest BCUT2D eigenvalue weighted by atomic mass is 32.2. The molecule has 0 saturated carbocycles. The van der Waals surface area contributed by atoms with Crippen LogP contribution in [0.5, 0.6) is 0 Å². The summed E-state index contributed by atoms with van der Waals surface area (Å²) in [5.74, 6) is 0. The van der Waals surface area contributed by atoms with Gasteiger partial charge in [0, 0.05) is 12.2 Å². The second-order valence-corrected chi connectivity index (χ2v) is 6.67. The first-order valence-electron chi connectivity index (χ1n) is 6.87. The molecular weight excluding hydrogens is 296 g/mol. The third kappa shape index (κ3) is 3.27. The Balaban J connectivity index is 1.73. The second-order valence-electron chi connectivity index (χ2n) is 5.10. The standard InChI is InChI=1S/C17H16N2O2S/c18-22(20,21)17-9-7-16(8-10-17)19-12-13-5-6-14-3-1-2-4-15(14)11-13/h1-11,19H,12H2,(H2,18,20,21). The summed E-state index contributed by atoms with van der Waals surface area (Å²) in [7, 11) is -3.64. The molecule has 0 bridgehead atoms. The van der Waals surface area contributed by atoms with Gasteiger partial charge in [-0.1, -0.05) is 36.4 Å². The minimum absolute atomic E-state index is 0.115. The van der Waals surface area contributed by atoms with Crippen LogP contribution in [0.15, 0.2) is 71.6 Å². The zero-order chi connectivity index (χ0) is 15.6. The Labute approximate surface area is 129 Å². The number of hydrogen-bond donors (Lipinski definition) is 2. The smallest absolute Gasteiger partial charge is 0.238 e. The third-order valence-corrected chi connectivity index (χ3v) is 4.42. The van der Waals surface area contributed by atoms with Crippen molar-refractivity contribution in [3.63, 3.8) is 0 Å². The summed E-state index contributed by atoms with van der Waals surface area (Å²) in [6.07, 6.45) is 0. The molecule has 0 aliphatic rings. The summed E-state index contributed by atoms with van der Waals surface area (Å²) in [5.41, 5.74) is 2.01. The highest BCUT2D eigenvalue weighted by Crippen LogP contribution is 2.17. The van der Waals surface area contributed by atoms with Gasteiger partial charge in [0.2, 0.25) is 10.0 Å². The van der Waals surface area contributed by atoms with E-state index in [1.54, 1.807) is 12.1 Å². The molecule has 0 fully saturated rings. The number of hydrogen-bond acceptors (Lipinski definition) is 3. The van der Waals surface area contributed by atoms with Crippen molar-refractivity contribution < 1.29 is 8.42 Å². The highest BCUT2D eigenvalue weighted by Gasteiger charge is 2.06. The number of sulfonamides is 1. The average molecular weight is 312 g/mol. The summed E-state index contributed by atoms with van der Waals surface area (Å²) < 4.78 is 22.4. The molecule has 0 amide bonds. The van der Waals surface area contributed by atoms with E-state index in [2.05, 4.69) is 35.6 Å². The first-order valence-corrected chi connectivity index (χ1v) is 8.41. The molecule has 3 aromatic rings. The zero-order valence-electron chi connectivity index (χ0n) is 11.9. The minimum atomic E-state index is -3.64. The van der Waals surface area contributed by atoms with Gasteiger partial charge in [0.25, 0.3) is 0 Å². The molecule has 112 valence electrons. The molecule has 0 aliphatic heterocycles. The summed E-state index contributed by atoms with van der Waals surface area (Å²) in [6, 6.07) is 20.9. The molecule has 3 N–H and O–H groups in total. The van der Waals surface area contributed by atoms with Gasteiger partial charge in [-0.25, -0.2) is 13.6 Å². The van der Waals surface area contributed by atoms with Gasteiger partial charge in [-0.2, -0.15) is 0 Å². The van der Waals surface area contributed by atoms with Crippen LogP contribution in [0.2, 0.25) is 0 Å². The Morgan fingerprint density at radius 3 is 2.23 bits per heavy atom. The molecule has 0 radical (unpaired) electrons. The van der Waals surface area contributed by atoms with E-state index >= 15 is 0 Å². The average Bonchev–Trinajstić information content (AvgIpc) is 2.52. The van der Waals surface area contributed by atoms with E-state index in [9.17, 15) is 8.42 Å². The maximum Gasteiger partial charge on any atom is 0.238 e. The van der Waals surface area contributed by atoms with Gasteiger partial charge >= 0.3 is 0 Å². The largest absolute Gasteiger partial charge is 0.381 e. The topological polar surface area (TPSA) is 72.2 Å². The lowest BCUT2D eigenvalue weighted by atomic mass is 10.1. The number of anilines is 1. The lowest BCUT2D eigenvalue weighted by molar-refractivity contribution is 0.598. The predicted molar refractivity (Wildman–Crippen MR) is 89.1 cm³/mol. The van der Waals surface area contributed by atoms with Crippen LogP contribution in [0.25, 0.3) is 10.8 Å². The van der Waals surface area contributed by atoms with Crippen molar-refractivity contribution in [1.29, 1.82) is 0 Å². The van der Waals surface area contributed by atoms with Crippen molar-refractivity contribution >= 4 is 26.5 Å². The number of benzene rings is 3. The van der Waals surface area contributed by atoms with Crippen molar-refractivity contribution in [2.75, 3.05) is 5.32 Å². The van der Waals surface area contributed by atoms with Crippen molar-refractivity contribution in [1.82, 2.24) is 0 Å². The molecule has 4 nitrogen and oxygen atoms in total. The van der Waals surface area contributed by atoms with Gasteiger partial charge in [0.15, 0.2) is 0 Å². The Morgan fingerprint density at radius 1 is 0.864 bits per heavy atom. The number of nitrogens with one attached hydrogen (secondary N) is 1. The fourth-order valence-corrected chi connectivity index (χ4v) is 2.83. The second kappa shape index (κ2) is 5.79. The first-order chi connectivity index (χ1) is 10.5. The van der Waals surface area contributed by atoms with Crippen LogP contribution >= 0.6 is 0 Å². The molecular formula is C17H16N2O2S. The van der Waals surface area contributed by atoms with Crippen LogP contribution in [-0.2, 0) is 16.6 Å². The van der Waals surface area contributed by atoms with Gasteiger partial charge in [-0.05, 0) is 46.7 Å². The lowest BCUT2D eigenvalue weighted by Gasteiger charge is -2.08. The normalized spacial score (nSPS) is 11.5. The van der Waals surface area contributed by atoms with E-state index in [0.29, 0.717) is 6.54 Å². The van der Waals surface area contributed by atoms with Crippen LogP contribution < -0.4 is 10.5 Å². The van der Waals surface area contributed by atoms with Gasteiger partial charge in [0.05, 0.1) is 4.90 Å². The van der Waals surface area contributed by atoms with E-state index in [4.69, 9.17) is 5.14 Å². The highest BCUT2D eigenvalue weighted by molar-refractivity contribution is 7.89. The van der Waals surface area contributed by atoms with Crippen LogP contribution in [0.3, 0.4) is 0 Å². The SMILES string of the molecule is NS(=O)(=O)c1ccc(NCc2ccc3ccccc3c2)cc1. The minimum Gasteiger partial charge on any atom is -0.381 e. The molecule has 0 saturated heterocycles. The monoisotopic (exact) mass is 312 g/mol. The molecule has 0 atom stereocenters. The van der Waals surface area contributed by atoms with Crippen LogP contribution in [0.1, 0.15) is 5.56 Å². The molecule has 0 spiro atoms. The molecule has 0 aromatic heterocycles. The summed E-state index contributed by atoms with van der Waals surface area (Å²) >= 11 is 0. The zero-order valence-corrected chi connectivity index (χ0v) is 12.7. The number of nitrogens with two attached hydrogens (primary N) is 1. The number of rotatable bonds is 4. The van der Waals surface area contributed by atoms with E-state index < -0.39 is 10.0 Å². The molecule has 3 aromatic carbocycles. The van der Waals surface area contributed by atoms with Gasteiger partial charge < -0.3 is 5.32 Å². The van der Waals surface area contributed by atoms with E-state index in [1.807, 2.05) is 12.1 Å². The molecule has 0 unspecified atom stereocenters. The Morgan fingerprint density at radius 2 is 1.55 bits per heavy atom. The molecule has 5 heteroatoms. The quantitative estimate of drug-likeness (QED) is 0.777. The summed E-state index contributed by atoms with van der Waals surface area (Å²) in [4.78, 5) is 0.115. The summed E-state index contributed by atoms with van der Waals surface area (Å²) in [6.45, 7) is 0.666. The van der Waals surface area contributed by atoms with Crippen LogP contribution in [0.4, 0.5) is 5.69 Å². The number of fused-ring (bicyclic) bond motifs is 1. The fourth-order valence-electron chi connectivity index (χ4n) is 2.32. The van der Waals surface area contributed by atoms with Crippen LogP contribution in [0, 0.1) is 0 Å². The first kappa shape index (κ1) is 14.6. The van der Waals surface area contributed by atoms with E-state index in [0.717, 1.165) is 11.3 Å². The van der Waals surface area contributed by atoms with E-state index in [-0.39, 0.29) is 4.90 Å². The molecule has 3 rings (SSSR count). The Kier molecular flexibility index (Phi) is 3.83. The van der Waals surface area contributed by atoms with Gasteiger partial charge in [0.1, 0.15) is 0 Å². The Bertz CT molecular complexity index is 903. The molecule has 22 heavy (non-hydrogen) atoms. The predicted octanol–water partition coefficient (Wildman–Crippen LogP) is 3.10. The fraction of sp³-hybridized carbons (Fsp3) is 0.0588. The lowest BCUT2D eigenvalue weighted by Crippen LogP contribution is -2.12. The van der Waals surface area contributed by atoms with Gasteiger partial charge in [-0.3, -0.25) is 0 Å². The van der Waals surface area contributed by atoms with Crippen molar-refractivity contribution in [2.24, 2.45) is 5.14 Å². The third-order valence-electron chi connectivity index (χ3n) is 3.49. The Hall–Kier alpha value is -2.37. The maximum atomic E-state index is 11.2. The molecule has 0 heterocycles. The van der Waals surface area contributed by atoms with Crippen molar-refractivity contribution in [2.45, 2.75) is 11.4 Å². The number of primary sulfonamides is 1. The van der Waals surface area contributed by atoms with Crippen molar-refractivity contribution in [3.05, 3.63) is 72.3 Å². The van der Waals surface area contributed by atoms with Crippen molar-refractivity contribution in [3.8, 4) is 0 Å². The van der Waals surface area contributed by atoms with Crippen LogP contribution in [-0.4, -0.2) is 8.42 Å².